The predicted molar refractivity (Wildman–Crippen MR) is 108 cm³/mol. The molecule has 2 N–H and O–H groups in total. The number of aliphatic hydroxyl groups excluding tert-OH is 1. The zero-order chi connectivity index (χ0) is 19.0. The smallest absolute Gasteiger partial charge is 0.223 e. The number of carbonyl (C=O) groups is 1. The fourth-order valence-corrected chi connectivity index (χ4v) is 5.29. The van der Waals surface area contributed by atoms with E-state index >= 15 is 0 Å². The Morgan fingerprint density at radius 1 is 1.15 bits per heavy atom. The number of hydrogen-bond donors (Lipinski definition) is 2. The maximum absolute atomic E-state index is 12.6. The highest BCUT2D eigenvalue weighted by Crippen LogP contribution is 2.35. The van der Waals surface area contributed by atoms with E-state index in [9.17, 15) is 9.90 Å². The molecule has 2 aromatic rings. The molecule has 3 heterocycles. The van der Waals surface area contributed by atoms with E-state index in [1.807, 2.05) is 0 Å². The van der Waals surface area contributed by atoms with E-state index in [0.717, 1.165) is 62.3 Å². The van der Waals surface area contributed by atoms with Crippen molar-refractivity contribution in [3.8, 4) is 0 Å². The summed E-state index contributed by atoms with van der Waals surface area (Å²) in [5, 5.41) is 14.0. The number of fused-ring (bicyclic) bond motifs is 1. The van der Waals surface area contributed by atoms with Gasteiger partial charge < -0.3 is 15.3 Å². The van der Waals surface area contributed by atoms with Crippen LogP contribution in [0.1, 0.15) is 49.0 Å². The van der Waals surface area contributed by atoms with Gasteiger partial charge in [-0.3, -0.25) is 4.79 Å². The van der Waals surface area contributed by atoms with Gasteiger partial charge in [-0.25, -0.2) is 9.97 Å². The monoisotopic (exact) mass is 388 g/mol. The summed E-state index contributed by atoms with van der Waals surface area (Å²) in [4.78, 5) is 26.3. The summed E-state index contributed by atoms with van der Waals surface area (Å²) in [7, 11) is 0. The molecule has 0 aromatic carbocycles. The van der Waals surface area contributed by atoms with Crippen molar-refractivity contribution in [1.82, 2.24) is 15.3 Å². The van der Waals surface area contributed by atoms with Gasteiger partial charge in [0.15, 0.2) is 0 Å². The van der Waals surface area contributed by atoms with Crippen molar-refractivity contribution in [1.29, 1.82) is 0 Å². The standard InChI is InChI=1S/C20H28N4O2S/c1-12-13(2)27-20-17(12)18(21-11-22-20)24-9-7-14(8-10-24)19(26)23-15-3-5-16(25)6-4-15/h11,14-16,25H,3-10H2,1-2H3,(H,23,26). The van der Waals surface area contributed by atoms with Crippen molar-refractivity contribution in [2.45, 2.75) is 64.5 Å². The highest BCUT2D eigenvalue weighted by molar-refractivity contribution is 7.18. The molecule has 4 rings (SSSR count). The number of nitrogens with zero attached hydrogens (tertiary/aromatic N) is 3. The Balaban J connectivity index is 1.39. The minimum absolute atomic E-state index is 0.0794. The van der Waals surface area contributed by atoms with Gasteiger partial charge in [-0.2, -0.15) is 0 Å². The highest BCUT2D eigenvalue weighted by atomic mass is 32.1. The largest absolute Gasteiger partial charge is 0.393 e. The van der Waals surface area contributed by atoms with E-state index in [1.54, 1.807) is 17.7 Å². The number of hydrogen-bond acceptors (Lipinski definition) is 6. The van der Waals surface area contributed by atoms with Crippen molar-refractivity contribution in [3.63, 3.8) is 0 Å². The molecule has 2 fully saturated rings. The Kier molecular flexibility index (Phi) is 5.32. The van der Waals surface area contributed by atoms with Crippen molar-refractivity contribution >= 4 is 33.3 Å². The SMILES string of the molecule is Cc1sc2ncnc(N3CCC(C(=O)NC4CCC(O)CC4)CC3)c2c1C. The van der Waals surface area contributed by atoms with Gasteiger partial charge in [-0.1, -0.05) is 0 Å². The molecule has 1 aliphatic carbocycles. The summed E-state index contributed by atoms with van der Waals surface area (Å²) < 4.78 is 0. The summed E-state index contributed by atoms with van der Waals surface area (Å²) in [5.41, 5.74) is 1.27. The normalized spacial score (nSPS) is 24.3. The Hall–Kier alpha value is -1.73. The van der Waals surface area contributed by atoms with Gasteiger partial charge in [0.25, 0.3) is 0 Å². The lowest BCUT2D eigenvalue weighted by molar-refractivity contribution is -0.126. The van der Waals surface area contributed by atoms with E-state index < -0.39 is 0 Å². The van der Waals surface area contributed by atoms with Crippen LogP contribution >= 0.6 is 11.3 Å². The summed E-state index contributed by atoms with van der Waals surface area (Å²) in [6.45, 7) is 5.97. The van der Waals surface area contributed by atoms with E-state index in [0.29, 0.717) is 0 Å². The molecule has 1 amide bonds. The number of carbonyl (C=O) groups excluding carboxylic acids is 1. The maximum atomic E-state index is 12.6. The van der Waals surface area contributed by atoms with Gasteiger partial charge in [0, 0.05) is 29.9 Å². The van der Waals surface area contributed by atoms with Crippen LogP contribution in [0.15, 0.2) is 6.33 Å². The Labute approximate surface area is 164 Å². The van der Waals surface area contributed by atoms with Crippen LogP contribution < -0.4 is 10.2 Å². The van der Waals surface area contributed by atoms with Crippen molar-refractivity contribution in [2.75, 3.05) is 18.0 Å². The number of aryl methyl sites for hydroxylation is 2. The first-order chi connectivity index (χ1) is 13.0. The number of aromatic nitrogens is 2. The summed E-state index contributed by atoms with van der Waals surface area (Å²) >= 11 is 1.72. The Morgan fingerprint density at radius 2 is 1.85 bits per heavy atom. The fourth-order valence-electron chi connectivity index (χ4n) is 4.30. The van der Waals surface area contributed by atoms with Crippen LogP contribution in [0.3, 0.4) is 0 Å². The van der Waals surface area contributed by atoms with Crippen LogP contribution in [0, 0.1) is 19.8 Å². The van der Waals surface area contributed by atoms with Crippen LogP contribution in [-0.2, 0) is 4.79 Å². The molecule has 2 aromatic heterocycles. The second-order valence-electron chi connectivity index (χ2n) is 7.94. The average molecular weight is 389 g/mol. The van der Waals surface area contributed by atoms with E-state index in [2.05, 4.69) is 34.0 Å². The first-order valence-corrected chi connectivity index (χ1v) is 10.8. The average Bonchev–Trinajstić information content (AvgIpc) is 2.98. The summed E-state index contributed by atoms with van der Waals surface area (Å²) in [5.74, 6) is 1.28. The third kappa shape index (κ3) is 3.80. The van der Waals surface area contributed by atoms with E-state index in [4.69, 9.17) is 0 Å². The molecule has 27 heavy (non-hydrogen) atoms. The molecule has 0 atom stereocenters. The van der Waals surface area contributed by atoms with Crippen LogP contribution in [0.25, 0.3) is 10.2 Å². The van der Waals surface area contributed by atoms with Crippen molar-refractivity contribution < 1.29 is 9.90 Å². The van der Waals surface area contributed by atoms with Gasteiger partial charge in [-0.15, -0.1) is 11.3 Å². The summed E-state index contributed by atoms with van der Waals surface area (Å²) in [6.07, 6.45) is 6.56. The molecule has 6 nitrogen and oxygen atoms in total. The molecule has 1 saturated heterocycles. The van der Waals surface area contributed by atoms with Crippen LogP contribution in [0.4, 0.5) is 5.82 Å². The predicted octanol–water partition coefficient (Wildman–Crippen LogP) is 2.94. The summed E-state index contributed by atoms with van der Waals surface area (Å²) in [6, 6.07) is 0.233. The number of aliphatic hydroxyl groups is 1. The molecule has 2 aliphatic rings. The highest BCUT2D eigenvalue weighted by Gasteiger charge is 2.29. The van der Waals surface area contributed by atoms with Gasteiger partial charge in [-0.05, 0) is 57.9 Å². The lowest BCUT2D eigenvalue weighted by atomic mass is 9.91. The van der Waals surface area contributed by atoms with Gasteiger partial charge in [0.2, 0.25) is 5.91 Å². The Morgan fingerprint density at radius 3 is 2.56 bits per heavy atom. The fraction of sp³-hybridized carbons (Fsp3) is 0.650. The van der Waals surface area contributed by atoms with Crippen LogP contribution in [0.2, 0.25) is 0 Å². The minimum atomic E-state index is -0.185. The minimum Gasteiger partial charge on any atom is -0.393 e. The number of amides is 1. The number of nitrogens with one attached hydrogen (secondary N) is 1. The third-order valence-corrected chi connectivity index (χ3v) is 7.27. The molecule has 1 aliphatic heterocycles. The second kappa shape index (κ2) is 7.72. The molecule has 0 radical (unpaired) electrons. The second-order valence-corrected chi connectivity index (χ2v) is 9.14. The lowest BCUT2D eigenvalue weighted by Crippen LogP contribution is -2.45. The molecule has 0 bridgehead atoms. The molecule has 0 unspecified atom stereocenters. The number of piperidine rings is 1. The quantitative estimate of drug-likeness (QED) is 0.845. The third-order valence-electron chi connectivity index (χ3n) is 6.15. The number of thiophene rings is 1. The zero-order valence-electron chi connectivity index (χ0n) is 16.1. The first-order valence-electron chi connectivity index (χ1n) is 9.97. The van der Waals surface area contributed by atoms with Crippen molar-refractivity contribution in [2.24, 2.45) is 5.92 Å². The Bertz CT molecular complexity index is 821. The number of anilines is 1. The molecular weight excluding hydrogens is 360 g/mol. The maximum Gasteiger partial charge on any atom is 0.223 e. The van der Waals surface area contributed by atoms with E-state index in [-0.39, 0.29) is 24.0 Å². The van der Waals surface area contributed by atoms with Gasteiger partial charge in [0.1, 0.15) is 17.0 Å². The molecule has 0 spiro atoms. The van der Waals surface area contributed by atoms with Crippen LogP contribution in [0.5, 0.6) is 0 Å². The molecular formula is C20H28N4O2S. The van der Waals surface area contributed by atoms with Crippen LogP contribution in [-0.4, -0.2) is 46.2 Å². The molecule has 1 saturated carbocycles. The lowest BCUT2D eigenvalue weighted by Gasteiger charge is -2.34. The van der Waals surface area contributed by atoms with Gasteiger partial charge >= 0.3 is 0 Å². The van der Waals surface area contributed by atoms with Crippen molar-refractivity contribution in [3.05, 3.63) is 16.8 Å². The van der Waals surface area contributed by atoms with Gasteiger partial charge in [0.05, 0.1) is 11.5 Å². The topological polar surface area (TPSA) is 78.4 Å². The zero-order valence-corrected chi connectivity index (χ0v) is 16.9. The number of rotatable bonds is 3. The molecule has 146 valence electrons. The molecule has 7 heteroatoms. The van der Waals surface area contributed by atoms with E-state index in [1.165, 1.54) is 15.8 Å². The first kappa shape index (κ1) is 18.6.